The number of carbonyl (C=O) groups is 2. The van der Waals surface area contributed by atoms with E-state index >= 15 is 0 Å². The average molecular weight is 424 g/mol. The van der Waals surface area contributed by atoms with Gasteiger partial charge in [-0.3, -0.25) is 9.59 Å². The van der Waals surface area contributed by atoms with Crippen molar-refractivity contribution in [3.8, 4) is 17.2 Å². The summed E-state index contributed by atoms with van der Waals surface area (Å²) in [5.74, 6) is 2.31. The Bertz CT molecular complexity index is 920. The molecule has 2 amide bonds. The molecule has 2 aliphatic rings. The van der Waals surface area contributed by atoms with Crippen molar-refractivity contribution in [2.24, 2.45) is 5.92 Å². The first-order valence-electron chi connectivity index (χ1n) is 10.7. The molecule has 2 aromatic carbocycles. The van der Waals surface area contributed by atoms with Crippen LogP contribution in [0.2, 0.25) is 0 Å². The Morgan fingerprint density at radius 2 is 1.61 bits per heavy atom. The van der Waals surface area contributed by atoms with Crippen molar-refractivity contribution < 1.29 is 23.8 Å². The molecule has 2 aliphatic heterocycles. The predicted molar refractivity (Wildman–Crippen MR) is 116 cm³/mol. The summed E-state index contributed by atoms with van der Waals surface area (Å²) < 4.78 is 17.2. The third-order valence-corrected chi connectivity index (χ3v) is 5.35. The van der Waals surface area contributed by atoms with Crippen LogP contribution in [0.25, 0.3) is 0 Å². The van der Waals surface area contributed by atoms with Crippen LogP contribution in [0.15, 0.2) is 48.5 Å². The summed E-state index contributed by atoms with van der Waals surface area (Å²) in [5.41, 5.74) is 0.622. The second-order valence-electron chi connectivity index (χ2n) is 8.21. The van der Waals surface area contributed by atoms with Crippen molar-refractivity contribution in [2.75, 3.05) is 39.4 Å². The molecule has 2 aromatic rings. The van der Waals surface area contributed by atoms with Gasteiger partial charge in [0.15, 0.2) is 11.5 Å². The fraction of sp³-hybridized carbons (Fsp3) is 0.417. The Labute approximate surface area is 182 Å². The molecule has 0 aromatic heterocycles. The molecule has 0 saturated carbocycles. The van der Waals surface area contributed by atoms with Gasteiger partial charge in [-0.2, -0.15) is 0 Å². The van der Waals surface area contributed by atoms with Gasteiger partial charge in [0.25, 0.3) is 11.8 Å². The zero-order chi connectivity index (χ0) is 21.8. The Balaban J connectivity index is 1.29. The standard InChI is InChI=1S/C24H28N2O5/c1-17(2)15-29-19-9-7-18(8-10-19)23(27)25-11-13-26(14-12-25)24(28)22-16-30-20-5-3-4-6-21(20)31-22/h3-10,17,22H,11-16H2,1-2H3/t22-/m0/s1. The van der Waals surface area contributed by atoms with Gasteiger partial charge in [0, 0.05) is 31.7 Å². The van der Waals surface area contributed by atoms with Gasteiger partial charge < -0.3 is 24.0 Å². The first-order valence-corrected chi connectivity index (χ1v) is 10.7. The normalized spacial score (nSPS) is 18.1. The van der Waals surface area contributed by atoms with Crippen LogP contribution >= 0.6 is 0 Å². The monoisotopic (exact) mass is 424 g/mol. The van der Waals surface area contributed by atoms with Crippen molar-refractivity contribution in [2.45, 2.75) is 20.0 Å². The van der Waals surface area contributed by atoms with Crippen molar-refractivity contribution in [3.63, 3.8) is 0 Å². The summed E-state index contributed by atoms with van der Waals surface area (Å²) >= 11 is 0. The highest BCUT2D eigenvalue weighted by Gasteiger charge is 2.33. The molecule has 31 heavy (non-hydrogen) atoms. The number of ether oxygens (including phenoxy) is 3. The molecule has 2 heterocycles. The van der Waals surface area contributed by atoms with Crippen LogP contribution in [0.1, 0.15) is 24.2 Å². The number of para-hydroxylation sites is 2. The van der Waals surface area contributed by atoms with Crippen LogP contribution in [0, 0.1) is 5.92 Å². The maximum atomic E-state index is 12.9. The summed E-state index contributed by atoms with van der Waals surface area (Å²) in [6.07, 6.45) is -0.657. The smallest absolute Gasteiger partial charge is 0.267 e. The number of fused-ring (bicyclic) bond motifs is 1. The number of rotatable bonds is 5. The average Bonchev–Trinajstić information content (AvgIpc) is 2.82. The van der Waals surface area contributed by atoms with E-state index in [-0.39, 0.29) is 18.4 Å². The second kappa shape index (κ2) is 9.29. The van der Waals surface area contributed by atoms with Crippen molar-refractivity contribution in [3.05, 3.63) is 54.1 Å². The van der Waals surface area contributed by atoms with Gasteiger partial charge in [0.2, 0.25) is 6.10 Å². The molecule has 0 spiro atoms. The zero-order valence-electron chi connectivity index (χ0n) is 18.0. The van der Waals surface area contributed by atoms with E-state index in [2.05, 4.69) is 13.8 Å². The highest BCUT2D eigenvalue weighted by Crippen LogP contribution is 2.31. The lowest BCUT2D eigenvalue weighted by atomic mass is 10.1. The molecule has 7 heteroatoms. The number of carbonyl (C=O) groups excluding carboxylic acids is 2. The summed E-state index contributed by atoms with van der Waals surface area (Å²) in [5, 5.41) is 0. The molecule has 4 rings (SSSR count). The minimum Gasteiger partial charge on any atom is -0.493 e. The number of hydrogen-bond acceptors (Lipinski definition) is 5. The lowest BCUT2D eigenvalue weighted by Crippen LogP contribution is -2.55. The Kier molecular flexibility index (Phi) is 6.30. The van der Waals surface area contributed by atoms with Crippen molar-refractivity contribution >= 4 is 11.8 Å². The number of amides is 2. The number of piperazine rings is 1. The van der Waals surface area contributed by atoms with Crippen molar-refractivity contribution in [1.82, 2.24) is 9.80 Å². The topological polar surface area (TPSA) is 68.3 Å². The molecular weight excluding hydrogens is 396 g/mol. The molecule has 7 nitrogen and oxygen atoms in total. The molecule has 0 unspecified atom stereocenters. The minimum atomic E-state index is -0.657. The molecule has 1 saturated heterocycles. The van der Waals surface area contributed by atoms with Gasteiger partial charge in [-0.25, -0.2) is 0 Å². The van der Waals surface area contributed by atoms with Crippen LogP contribution < -0.4 is 14.2 Å². The molecule has 164 valence electrons. The third kappa shape index (κ3) is 4.93. The molecule has 0 aliphatic carbocycles. The molecule has 0 bridgehead atoms. The van der Waals surface area contributed by atoms with E-state index in [4.69, 9.17) is 14.2 Å². The van der Waals surface area contributed by atoms with E-state index in [1.165, 1.54) is 0 Å². The Morgan fingerprint density at radius 3 is 2.29 bits per heavy atom. The first-order chi connectivity index (χ1) is 15.0. The molecule has 0 radical (unpaired) electrons. The second-order valence-corrected chi connectivity index (χ2v) is 8.21. The van der Waals surface area contributed by atoms with Crippen LogP contribution in [0.3, 0.4) is 0 Å². The summed E-state index contributed by atoms with van der Waals surface area (Å²) in [6, 6.07) is 14.6. The van der Waals surface area contributed by atoms with E-state index in [1.807, 2.05) is 30.3 Å². The van der Waals surface area contributed by atoms with Crippen LogP contribution in [-0.2, 0) is 4.79 Å². The van der Waals surface area contributed by atoms with E-state index in [0.717, 1.165) is 5.75 Å². The van der Waals surface area contributed by atoms with Crippen LogP contribution in [-0.4, -0.2) is 67.1 Å². The highest BCUT2D eigenvalue weighted by atomic mass is 16.6. The van der Waals surface area contributed by atoms with E-state index in [9.17, 15) is 9.59 Å². The molecule has 1 atom stereocenters. The maximum absolute atomic E-state index is 12.9. The maximum Gasteiger partial charge on any atom is 0.267 e. The van der Waals surface area contributed by atoms with Crippen LogP contribution in [0.4, 0.5) is 0 Å². The van der Waals surface area contributed by atoms with Gasteiger partial charge >= 0.3 is 0 Å². The largest absolute Gasteiger partial charge is 0.493 e. The fourth-order valence-corrected chi connectivity index (χ4v) is 3.61. The third-order valence-electron chi connectivity index (χ3n) is 5.35. The van der Waals surface area contributed by atoms with Gasteiger partial charge in [0.1, 0.15) is 12.4 Å². The van der Waals surface area contributed by atoms with E-state index < -0.39 is 6.10 Å². The summed E-state index contributed by atoms with van der Waals surface area (Å²) in [4.78, 5) is 29.2. The Morgan fingerprint density at radius 1 is 0.968 bits per heavy atom. The lowest BCUT2D eigenvalue weighted by molar-refractivity contribution is -0.142. The first kappa shape index (κ1) is 21.0. The van der Waals surface area contributed by atoms with E-state index in [0.29, 0.717) is 55.8 Å². The van der Waals surface area contributed by atoms with Gasteiger partial charge in [-0.05, 0) is 42.3 Å². The van der Waals surface area contributed by atoms with E-state index in [1.54, 1.807) is 28.0 Å². The number of benzene rings is 2. The number of nitrogens with zero attached hydrogens (tertiary/aromatic N) is 2. The molecule has 0 N–H and O–H groups in total. The Hall–Kier alpha value is -3.22. The molecular formula is C24H28N2O5. The quantitative estimate of drug-likeness (QED) is 0.738. The predicted octanol–water partition coefficient (Wildman–Crippen LogP) is 2.85. The van der Waals surface area contributed by atoms with Crippen molar-refractivity contribution in [1.29, 1.82) is 0 Å². The summed E-state index contributed by atoms with van der Waals surface area (Å²) in [7, 11) is 0. The van der Waals surface area contributed by atoms with Gasteiger partial charge in [0.05, 0.1) is 6.61 Å². The van der Waals surface area contributed by atoms with Gasteiger partial charge in [-0.15, -0.1) is 0 Å². The SMILES string of the molecule is CC(C)COc1ccc(C(=O)N2CCN(C(=O)[C@@H]3COc4ccccc4O3)CC2)cc1. The zero-order valence-corrected chi connectivity index (χ0v) is 18.0. The summed E-state index contributed by atoms with van der Waals surface area (Å²) in [6.45, 7) is 6.94. The molecule has 1 fully saturated rings. The minimum absolute atomic E-state index is 0.0336. The number of hydrogen-bond donors (Lipinski definition) is 0. The van der Waals surface area contributed by atoms with Crippen LogP contribution in [0.5, 0.6) is 17.2 Å². The highest BCUT2D eigenvalue weighted by molar-refractivity contribution is 5.94. The fourth-order valence-electron chi connectivity index (χ4n) is 3.61. The van der Waals surface area contributed by atoms with Gasteiger partial charge in [-0.1, -0.05) is 26.0 Å². The lowest BCUT2D eigenvalue weighted by Gasteiger charge is -2.37.